The third-order valence-electron chi connectivity index (χ3n) is 9.62. The lowest BCUT2D eigenvalue weighted by Gasteiger charge is -2.31. The van der Waals surface area contributed by atoms with Crippen LogP contribution < -0.4 is 21.3 Å². The quantitative estimate of drug-likeness (QED) is 0.155. The minimum atomic E-state index is -3.71. The molecule has 1 aromatic carbocycles. The van der Waals surface area contributed by atoms with E-state index in [1.165, 1.54) is 16.4 Å². The Balaban J connectivity index is 1.45. The van der Waals surface area contributed by atoms with Crippen molar-refractivity contribution in [3.8, 4) is 11.8 Å². The highest BCUT2D eigenvalue weighted by Gasteiger charge is 2.31. The number of aliphatic hydroxyl groups is 1. The molecular formula is C38H60N6O9S. The van der Waals surface area contributed by atoms with E-state index in [9.17, 15) is 27.9 Å². The van der Waals surface area contributed by atoms with Gasteiger partial charge in [0.15, 0.2) is 0 Å². The van der Waals surface area contributed by atoms with Crippen LogP contribution >= 0.6 is 0 Å². The second-order valence-electron chi connectivity index (χ2n) is 15.1. The summed E-state index contributed by atoms with van der Waals surface area (Å²) in [6.07, 6.45) is 3.97. The Bertz CT molecular complexity index is 1510. The fraction of sp³-hybridized carbons (Fsp3) is 0.711. The van der Waals surface area contributed by atoms with Gasteiger partial charge in [-0.1, -0.05) is 43.9 Å². The normalized spacial score (nSPS) is 19.3. The fourth-order valence-electron chi connectivity index (χ4n) is 6.70. The van der Waals surface area contributed by atoms with E-state index in [1.54, 1.807) is 32.9 Å². The second-order valence-corrected chi connectivity index (χ2v) is 17.0. The minimum Gasteiger partial charge on any atom is -0.444 e. The van der Waals surface area contributed by atoms with Gasteiger partial charge in [0.25, 0.3) is 0 Å². The van der Waals surface area contributed by atoms with Gasteiger partial charge in [0.1, 0.15) is 11.6 Å². The largest absolute Gasteiger partial charge is 0.444 e. The Morgan fingerprint density at radius 1 is 0.944 bits per heavy atom. The van der Waals surface area contributed by atoms with Crippen LogP contribution in [0.1, 0.15) is 72.1 Å². The van der Waals surface area contributed by atoms with Gasteiger partial charge in [-0.3, -0.25) is 14.5 Å². The molecule has 16 heteroatoms. The monoisotopic (exact) mass is 776 g/mol. The van der Waals surface area contributed by atoms with Crippen molar-refractivity contribution in [1.82, 2.24) is 25.2 Å². The van der Waals surface area contributed by atoms with Gasteiger partial charge in [-0.15, -0.1) is 0 Å². The molecule has 5 N–H and O–H groups in total. The van der Waals surface area contributed by atoms with Crippen molar-refractivity contribution in [3.63, 3.8) is 0 Å². The van der Waals surface area contributed by atoms with Gasteiger partial charge in [-0.25, -0.2) is 13.2 Å². The first-order chi connectivity index (χ1) is 25.8. The number of aliphatic hydroxyl groups excluding tert-OH is 1. The lowest BCUT2D eigenvalue weighted by atomic mass is 9.83. The molecule has 0 spiro atoms. The van der Waals surface area contributed by atoms with Crippen LogP contribution in [0.4, 0.5) is 10.5 Å². The third-order valence-corrected chi connectivity index (χ3v) is 11.5. The number of carbonyl (C=O) groups is 3. The maximum atomic E-state index is 14.0. The third kappa shape index (κ3) is 15.0. The number of hydrogen-bond acceptors (Lipinski definition) is 11. The summed E-state index contributed by atoms with van der Waals surface area (Å²) in [4.78, 5) is 41.4. The first kappa shape index (κ1) is 43.3. The molecule has 3 fully saturated rings. The van der Waals surface area contributed by atoms with Crippen molar-refractivity contribution in [3.05, 3.63) is 24.3 Å². The van der Waals surface area contributed by atoms with Gasteiger partial charge in [-0.2, -0.15) is 4.31 Å². The second kappa shape index (κ2) is 21.6. The van der Waals surface area contributed by atoms with Crippen LogP contribution in [0.5, 0.6) is 0 Å². The van der Waals surface area contributed by atoms with Crippen LogP contribution in [0.3, 0.4) is 0 Å². The number of alkyl carbamates (subject to hydrolysis) is 1. The maximum absolute atomic E-state index is 14.0. The number of benzene rings is 1. The van der Waals surface area contributed by atoms with Gasteiger partial charge in [0, 0.05) is 51.4 Å². The SMILES string of the molecule is CC(C)(C)OC(=O)NCC#CC[C@H](Nc1ccc(S(=O)(=O)N2CCOCC2)cc1)C(=O)N[C@@H](CC1CCCCC1)[C@@H](O)CC(=O)NCCN1CCOCC1. The zero-order chi connectivity index (χ0) is 39.0. The van der Waals surface area contributed by atoms with Gasteiger partial charge >= 0.3 is 6.09 Å². The van der Waals surface area contributed by atoms with Crippen LogP contribution in [0.15, 0.2) is 29.2 Å². The molecule has 3 atom stereocenters. The van der Waals surface area contributed by atoms with Crippen LogP contribution in [-0.4, -0.2) is 137 Å². The predicted molar refractivity (Wildman–Crippen MR) is 204 cm³/mol. The highest BCUT2D eigenvalue weighted by Crippen LogP contribution is 2.29. The number of anilines is 1. The molecule has 54 heavy (non-hydrogen) atoms. The minimum absolute atomic E-state index is 0.00101. The zero-order valence-electron chi connectivity index (χ0n) is 32.1. The maximum Gasteiger partial charge on any atom is 0.408 e. The first-order valence-electron chi connectivity index (χ1n) is 19.2. The summed E-state index contributed by atoms with van der Waals surface area (Å²) in [5.41, 5.74) is -0.168. The van der Waals surface area contributed by atoms with Gasteiger partial charge in [-0.05, 0) is 57.4 Å². The number of hydrogen-bond donors (Lipinski definition) is 5. The number of amides is 3. The molecule has 2 heterocycles. The smallest absolute Gasteiger partial charge is 0.408 e. The van der Waals surface area contributed by atoms with Crippen molar-refractivity contribution in [2.24, 2.45) is 5.92 Å². The number of nitrogens with zero attached hydrogens (tertiary/aromatic N) is 2. The number of carbonyl (C=O) groups excluding carboxylic acids is 3. The molecule has 0 bridgehead atoms. The number of rotatable bonds is 16. The standard InChI is InChI=1S/C38H60N6O9S/c1-38(2,3)53-37(48)40-16-8-7-11-32(41-30-12-14-31(15-13-30)54(49,50)44-21-25-52-26-22-44)36(47)42-33(27-29-9-5-4-6-10-29)34(45)28-35(46)39-17-18-43-19-23-51-24-20-43/h12-15,29,32-34,41,45H,4-6,9-11,16-28H2,1-3H3,(H,39,46)(H,40,48)(H,42,47)/t32-,33-,34-/m0/s1. The highest BCUT2D eigenvalue weighted by molar-refractivity contribution is 7.89. The predicted octanol–water partition coefficient (Wildman–Crippen LogP) is 2.06. The average Bonchev–Trinajstić information content (AvgIpc) is 3.14. The molecule has 0 radical (unpaired) electrons. The Labute approximate surface area is 320 Å². The Morgan fingerprint density at radius 3 is 2.24 bits per heavy atom. The van der Waals surface area contributed by atoms with Crippen LogP contribution in [0.25, 0.3) is 0 Å². The van der Waals surface area contributed by atoms with E-state index in [2.05, 4.69) is 38.0 Å². The van der Waals surface area contributed by atoms with E-state index in [4.69, 9.17) is 14.2 Å². The van der Waals surface area contributed by atoms with Crippen molar-refractivity contribution in [2.45, 2.75) is 101 Å². The molecule has 2 aliphatic heterocycles. The van der Waals surface area contributed by atoms with Crippen LogP contribution in [0, 0.1) is 17.8 Å². The molecule has 1 aliphatic carbocycles. The summed E-state index contributed by atoms with van der Waals surface area (Å²) in [5, 5.41) is 23.1. The lowest BCUT2D eigenvalue weighted by molar-refractivity contribution is -0.127. The average molecular weight is 777 g/mol. The molecule has 4 rings (SSSR count). The summed E-state index contributed by atoms with van der Waals surface area (Å²) in [6.45, 7) is 10.6. The molecule has 302 valence electrons. The van der Waals surface area contributed by atoms with E-state index in [0.29, 0.717) is 57.5 Å². The van der Waals surface area contributed by atoms with E-state index in [1.807, 2.05) is 0 Å². The summed E-state index contributed by atoms with van der Waals surface area (Å²) in [7, 11) is -3.71. The van der Waals surface area contributed by atoms with Crippen molar-refractivity contribution >= 4 is 33.6 Å². The Morgan fingerprint density at radius 2 is 1.59 bits per heavy atom. The Hall–Kier alpha value is -3.46. The summed E-state index contributed by atoms with van der Waals surface area (Å²) in [6, 6.07) is 4.58. The zero-order valence-corrected chi connectivity index (χ0v) is 32.9. The number of nitrogens with one attached hydrogen (secondary N) is 4. The van der Waals surface area contributed by atoms with Crippen LogP contribution in [-0.2, 0) is 33.8 Å². The van der Waals surface area contributed by atoms with E-state index in [0.717, 1.165) is 45.2 Å². The molecule has 15 nitrogen and oxygen atoms in total. The van der Waals surface area contributed by atoms with E-state index < -0.39 is 45.8 Å². The molecular weight excluding hydrogens is 717 g/mol. The van der Waals surface area contributed by atoms with Crippen LogP contribution in [0.2, 0.25) is 0 Å². The summed E-state index contributed by atoms with van der Waals surface area (Å²) < 4.78 is 43.7. The molecule has 3 amide bonds. The molecule has 3 aliphatic rings. The van der Waals surface area contributed by atoms with Gasteiger partial charge in [0.2, 0.25) is 21.8 Å². The topological polar surface area (TPSA) is 188 Å². The van der Waals surface area contributed by atoms with Gasteiger partial charge < -0.3 is 40.6 Å². The van der Waals surface area contributed by atoms with Crippen molar-refractivity contribution in [1.29, 1.82) is 0 Å². The number of sulfonamides is 1. The van der Waals surface area contributed by atoms with Crippen molar-refractivity contribution < 1.29 is 42.1 Å². The number of ether oxygens (including phenoxy) is 3. The summed E-state index contributed by atoms with van der Waals surface area (Å²) >= 11 is 0. The Kier molecular flexibility index (Phi) is 17.3. The number of morpholine rings is 2. The molecule has 0 aromatic heterocycles. The molecule has 1 aromatic rings. The van der Waals surface area contributed by atoms with E-state index >= 15 is 0 Å². The van der Waals surface area contributed by atoms with Gasteiger partial charge in [0.05, 0.1) is 56.4 Å². The first-order valence-corrected chi connectivity index (χ1v) is 20.7. The molecule has 1 saturated carbocycles. The van der Waals surface area contributed by atoms with E-state index in [-0.39, 0.29) is 43.3 Å². The molecule has 2 saturated heterocycles. The summed E-state index contributed by atoms with van der Waals surface area (Å²) in [5.74, 6) is 5.40. The lowest BCUT2D eigenvalue weighted by Crippen LogP contribution is -2.51. The molecule has 0 unspecified atom stereocenters. The highest BCUT2D eigenvalue weighted by atomic mass is 32.2. The fourth-order valence-corrected chi connectivity index (χ4v) is 8.10. The van der Waals surface area contributed by atoms with Crippen molar-refractivity contribution in [2.75, 3.05) is 77.6 Å².